The van der Waals surface area contributed by atoms with Crippen LogP contribution in [0.3, 0.4) is 0 Å². The second-order valence-electron chi connectivity index (χ2n) is 5.75. The number of nitrogens with one attached hydrogen (secondary N) is 1. The van der Waals surface area contributed by atoms with Gasteiger partial charge in [0, 0.05) is 7.05 Å². The molecule has 0 bridgehead atoms. The molecule has 0 radical (unpaired) electrons. The third-order valence-corrected chi connectivity index (χ3v) is 3.90. The van der Waals surface area contributed by atoms with Crippen LogP contribution in [0.1, 0.15) is 33.1 Å². The molecule has 0 fully saturated rings. The highest BCUT2D eigenvalue weighted by molar-refractivity contribution is 5.93. The molecule has 7 nitrogen and oxygen atoms in total. The van der Waals surface area contributed by atoms with Gasteiger partial charge in [0.25, 0.3) is 5.91 Å². The number of hydrogen-bond acceptors (Lipinski definition) is 4. The molecule has 124 valence electrons. The summed E-state index contributed by atoms with van der Waals surface area (Å²) in [6.45, 7) is 4.77. The topological polar surface area (TPSA) is 77.6 Å². The highest BCUT2D eigenvalue weighted by Gasteiger charge is 2.17. The molecule has 2 aromatic heterocycles. The van der Waals surface area contributed by atoms with Crippen LogP contribution in [0.25, 0.3) is 0 Å². The molecule has 0 spiro atoms. The van der Waals surface area contributed by atoms with Crippen molar-refractivity contribution < 1.29 is 4.79 Å². The smallest absolute Gasteiger partial charge is 0.274 e. The normalized spacial score (nSPS) is 10.8. The molecule has 24 heavy (non-hydrogen) atoms. The first-order chi connectivity index (χ1) is 11.5. The zero-order chi connectivity index (χ0) is 17.1. The lowest BCUT2D eigenvalue weighted by atomic mass is 10.2. The lowest BCUT2D eigenvalue weighted by Gasteiger charge is -2.05. The number of carbonyl (C=O) groups excluding carboxylic acids is 1. The Labute approximate surface area is 140 Å². The summed E-state index contributed by atoms with van der Waals surface area (Å²) in [6.07, 6.45) is 0. The molecule has 0 atom stereocenters. The average Bonchev–Trinajstić information content (AvgIpc) is 3.08. The quantitative estimate of drug-likeness (QED) is 0.773. The molecular formula is C17H20N6O. The summed E-state index contributed by atoms with van der Waals surface area (Å²) in [5.41, 5.74) is 4.08. The Balaban J connectivity index is 1.68. The molecule has 2 heterocycles. The monoisotopic (exact) mass is 324 g/mol. The molecule has 0 saturated heterocycles. The molecular weight excluding hydrogens is 304 g/mol. The van der Waals surface area contributed by atoms with Gasteiger partial charge in [-0.05, 0) is 25.5 Å². The fourth-order valence-electron chi connectivity index (χ4n) is 2.56. The summed E-state index contributed by atoms with van der Waals surface area (Å²) >= 11 is 0. The Morgan fingerprint density at radius 3 is 2.62 bits per heavy atom. The first-order valence-corrected chi connectivity index (χ1v) is 7.76. The van der Waals surface area contributed by atoms with E-state index in [0.717, 1.165) is 22.6 Å². The zero-order valence-electron chi connectivity index (χ0n) is 14.0. The van der Waals surface area contributed by atoms with Crippen LogP contribution >= 0.6 is 0 Å². The van der Waals surface area contributed by atoms with Crippen molar-refractivity contribution in [3.8, 4) is 0 Å². The van der Waals surface area contributed by atoms with Gasteiger partial charge in [0.15, 0.2) is 5.69 Å². The lowest BCUT2D eigenvalue weighted by molar-refractivity contribution is 0.0944. The third-order valence-electron chi connectivity index (χ3n) is 3.90. The number of benzene rings is 1. The summed E-state index contributed by atoms with van der Waals surface area (Å²) in [5, 5.41) is 15.3. The highest BCUT2D eigenvalue weighted by atomic mass is 16.2. The molecule has 1 amide bonds. The van der Waals surface area contributed by atoms with Gasteiger partial charge in [0.05, 0.1) is 30.2 Å². The van der Waals surface area contributed by atoms with Crippen molar-refractivity contribution in [3.63, 3.8) is 0 Å². The molecule has 0 aliphatic carbocycles. The van der Waals surface area contributed by atoms with E-state index in [1.165, 1.54) is 0 Å². The number of hydrogen-bond donors (Lipinski definition) is 1. The maximum absolute atomic E-state index is 12.4. The Bertz CT molecular complexity index is 849. The van der Waals surface area contributed by atoms with Crippen molar-refractivity contribution in [2.45, 2.75) is 26.9 Å². The second kappa shape index (κ2) is 6.66. The Morgan fingerprint density at radius 1 is 1.21 bits per heavy atom. The number of rotatable bonds is 5. The SMILES string of the molecule is Cc1cc(CNC(=O)c2nnn(Cc3ccccc3)c2C)n(C)n1. The van der Waals surface area contributed by atoms with Crippen LogP contribution in [-0.4, -0.2) is 30.7 Å². The number of carbonyl (C=O) groups is 1. The first kappa shape index (κ1) is 15.9. The van der Waals surface area contributed by atoms with E-state index in [2.05, 4.69) is 20.7 Å². The zero-order valence-corrected chi connectivity index (χ0v) is 14.0. The van der Waals surface area contributed by atoms with Gasteiger partial charge in [0.2, 0.25) is 0 Å². The number of aryl methyl sites for hydroxylation is 2. The highest BCUT2D eigenvalue weighted by Crippen LogP contribution is 2.08. The number of amides is 1. The molecule has 0 saturated carbocycles. The summed E-state index contributed by atoms with van der Waals surface area (Å²) in [4.78, 5) is 12.4. The lowest BCUT2D eigenvalue weighted by Crippen LogP contribution is -2.25. The van der Waals surface area contributed by atoms with Crippen LogP contribution in [0, 0.1) is 13.8 Å². The first-order valence-electron chi connectivity index (χ1n) is 7.76. The predicted molar refractivity (Wildman–Crippen MR) is 89.4 cm³/mol. The van der Waals surface area contributed by atoms with E-state index in [9.17, 15) is 4.79 Å². The molecule has 1 N–H and O–H groups in total. The average molecular weight is 324 g/mol. The van der Waals surface area contributed by atoms with Crippen LogP contribution < -0.4 is 5.32 Å². The van der Waals surface area contributed by atoms with Gasteiger partial charge in [-0.2, -0.15) is 5.10 Å². The summed E-state index contributed by atoms with van der Waals surface area (Å²) in [6, 6.07) is 11.9. The van der Waals surface area contributed by atoms with Crippen molar-refractivity contribution in [1.82, 2.24) is 30.1 Å². The minimum Gasteiger partial charge on any atom is -0.345 e. The fourth-order valence-corrected chi connectivity index (χ4v) is 2.56. The van der Waals surface area contributed by atoms with E-state index >= 15 is 0 Å². The van der Waals surface area contributed by atoms with Crippen molar-refractivity contribution in [1.29, 1.82) is 0 Å². The van der Waals surface area contributed by atoms with Gasteiger partial charge in [0.1, 0.15) is 0 Å². The standard InChI is InChI=1S/C17H20N6O/c1-12-9-15(22(3)20-12)10-18-17(24)16-13(2)23(21-19-16)11-14-7-5-4-6-8-14/h4-9H,10-11H2,1-3H3,(H,18,24). The van der Waals surface area contributed by atoms with Crippen molar-refractivity contribution in [2.75, 3.05) is 0 Å². The molecule has 0 unspecified atom stereocenters. The van der Waals surface area contributed by atoms with E-state index in [0.29, 0.717) is 18.8 Å². The van der Waals surface area contributed by atoms with E-state index in [1.54, 1.807) is 9.36 Å². The molecule has 0 aliphatic rings. The molecule has 3 aromatic rings. The van der Waals surface area contributed by atoms with Crippen LogP contribution in [-0.2, 0) is 20.1 Å². The van der Waals surface area contributed by atoms with E-state index in [4.69, 9.17) is 0 Å². The van der Waals surface area contributed by atoms with Crippen molar-refractivity contribution in [3.05, 3.63) is 64.7 Å². The van der Waals surface area contributed by atoms with Gasteiger partial charge in [-0.25, -0.2) is 4.68 Å². The Morgan fingerprint density at radius 2 is 1.96 bits per heavy atom. The van der Waals surface area contributed by atoms with E-state index < -0.39 is 0 Å². The van der Waals surface area contributed by atoms with E-state index in [-0.39, 0.29) is 5.91 Å². The van der Waals surface area contributed by atoms with Gasteiger partial charge >= 0.3 is 0 Å². The number of aromatic nitrogens is 5. The van der Waals surface area contributed by atoms with Gasteiger partial charge in [-0.1, -0.05) is 35.5 Å². The fraction of sp³-hybridized carbons (Fsp3) is 0.294. The van der Waals surface area contributed by atoms with Gasteiger partial charge < -0.3 is 5.32 Å². The Hall–Kier alpha value is -2.96. The Kier molecular flexibility index (Phi) is 4.41. The van der Waals surface area contributed by atoms with Gasteiger partial charge in [-0.15, -0.1) is 5.10 Å². The van der Waals surface area contributed by atoms with Gasteiger partial charge in [-0.3, -0.25) is 9.48 Å². The third kappa shape index (κ3) is 3.34. The molecule has 3 rings (SSSR count). The molecule has 7 heteroatoms. The van der Waals surface area contributed by atoms with Crippen LogP contribution in [0.15, 0.2) is 36.4 Å². The second-order valence-corrected chi connectivity index (χ2v) is 5.75. The van der Waals surface area contributed by atoms with Crippen molar-refractivity contribution >= 4 is 5.91 Å². The minimum atomic E-state index is -0.231. The van der Waals surface area contributed by atoms with Crippen LogP contribution in [0.5, 0.6) is 0 Å². The summed E-state index contributed by atoms with van der Waals surface area (Å²) in [7, 11) is 1.86. The number of nitrogens with zero attached hydrogens (tertiary/aromatic N) is 5. The summed E-state index contributed by atoms with van der Waals surface area (Å²) in [5.74, 6) is -0.231. The van der Waals surface area contributed by atoms with Crippen molar-refractivity contribution in [2.24, 2.45) is 7.05 Å². The molecule has 1 aromatic carbocycles. The maximum atomic E-state index is 12.4. The minimum absolute atomic E-state index is 0.231. The van der Waals surface area contributed by atoms with Crippen LogP contribution in [0.4, 0.5) is 0 Å². The predicted octanol–water partition coefficient (Wildman–Crippen LogP) is 1.61. The maximum Gasteiger partial charge on any atom is 0.274 e. The molecule has 0 aliphatic heterocycles. The largest absolute Gasteiger partial charge is 0.345 e. The summed E-state index contributed by atoms with van der Waals surface area (Å²) < 4.78 is 3.49. The van der Waals surface area contributed by atoms with E-state index in [1.807, 2.05) is 57.3 Å². The van der Waals surface area contributed by atoms with Crippen LogP contribution in [0.2, 0.25) is 0 Å².